The summed E-state index contributed by atoms with van der Waals surface area (Å²) in [5.74, 6) is -0.0230. The molecule has 0 unspecified atom stereocenters. The van der Waals surface area contributed by atoms with E-state index in [1.807, 2.05) is 48.5 Å². The van der Waals surface area contributed by atoms with Crippen molar-refractivity contribution in [1.82, 2.24) is 0 Å². The SMILES string of the molecule is CCN(CC)c1ccc(NC(=O)CCNc2ccccc2Cl)cc1. The highest BCUT2D eigenvalue weighted by Crippen LogP contribution is 2.20. The Morgan fingerprint density at radius 2 is 1.71 bits per heavy atom. The molecule has 2 rings (SSSR count). The molecule has 0 saturated carbocycles. The highest BCUT2D eigenvalue weighted by atomic mass is 35.5. The Morgan fingerprint density at radius 1 is 1.04 bits per heavy atom. The van der Waals surface area contributed by atoms with Crippen LogP contribution in [-0.2, 0) is 4.79 Å². The van der Waals surface area contributed by atoms with E-state index in [0.717, 1.165) is 24.5 Å². The van der Waals surface area contributed by atoms with Crippen molar-refractivity contribution in [3.05, 3.63) is 53.6 Å². The topological polar surface area (TPSA) is 44.4 Å². The van der Waals surface area contributed by atoms with Crippen molar-refractivity contribution in [2.24, 2.45) is 0 Å². The van der Waals surface area contributed by atoms with E-state index in [1.165, 1.54) is 5.69 Å². The van der Waals surface area contributed by atoms with E-state index in [4.69, 9.17) is 11.6 Å². The van der Waals surface area contributed by atoms with Gasteiger partial charge in [0, 0.05) is 37.4 Å². The molecule has 0 radical (unpaired) electrons. The van der Waals surface area contributed by atoms with Crippen LogP contribution in [0.2, 0.25) is 5.02 Å². The summed E-state index contributed by atoms with van der Waals surface area (Å²) in [6.45, 7) is 6.73. The summed E-state index contributed by atoms with van der Waals surface area (Å²) in [6.07, 6.45) is 0.378. The van der Waals surface area contributed by atoms with Crippen molar-refractivity contribution in [2.45, 2.75) is 20.3 Å². The fraction of sp³-hybridized carbons (Fsp3) is 0.316. The van der Waals surface area contributed by atoms with Gasteiger partial charge in [0.1, 0.15) is 0 Å². The van der Waals surface area contributed by atoms with Crippen LogP contribution in [0.4, 0.5) is 17.1 Å². The lowest BCUT2D eigenvalue weighted by molar-refractivity contribution is -0.115. The molecule has 2 N–H and O–H groups in total. The van der Waals surface area contributed by atoms with Crippen molar-refractivity contribution in [3.63, 3.8) is 0 Å². The lowest BCUT2D eigenvalue weighted by Gasteiger charge is -2.21. The van der Waals surface area contributed by atoms with Crippen LogP contribution in [0.3, 0.4) is 0 Å². The minimum Gasteiger partial charge on any atom is -0.383 e. The smallest absolute Gasteiger partial charge is 0.226 e. The number of amides is 1. The molecule has 0 aliphatic heterocycles. The second-order valence-electron chi connectivity index (χ2n) is 5.42. The van der Waals surface area contributed by atoms with Crippen LogP contribution >= 0.6 is 11.6 Å². The number of hydrogen-bond acceptors (Lipinski definition) is 3. The summed E-state index contributed by atoms with van der Waals surface area (Å²) in [6, 6.07) is 15.4. The monoisotopic (exact) mass is 345 g/mol. The number of benzene rings is 2. The Labute approximate surface area is 148 Å². The van der Waals surface area contributed by atoms with Gasteiger partial charge in [-0.1, -0.05) is 23.7 Å². The molecule has 0 atom stereocenters. The molecule has 24 heavy (non-hydrogen) atoms. The van der Waals surface area contributed by atoms with Gasteiger partial charge in [-0.3, -0.25) is 4.79 Å². The molecule has 0 aliphatic rings. The minimum absolute atomic E-state index is 0.0230. The second kappa shape index (κ2) is 9.18. The number of rotatable bonds is 8. The number of hydrogen-bond donors (Lipinski definition) is 2. The summed E-state index contributed by atoms with van der Waals surface area (Å²) in [4.78, 5) is 14.3. The zero-order valence-electron chi connectivity index (χ0n) is 14.2. The Bertz CT molecular complexity index is 654. The van der Waals surface area contributed by atoms with Gasteiger partial charge < -0.3 is 15.5 Å². The first-order chi connectivity index (χ1) is 11.6. The third-order valence-electron chi connectivity index (χ3n) is 3.82. The summed E-state index contributed by atoms with van der Waals surface area (Å²) in [7, 11) is 0. The fourth-order valence-corrected chi connectivity index (χ4v) is 2.69. The quantitative estimate of drug-likeness (QED) is 0.733. The minimum atomic E-state index is -0.0230. The van der Waals surface area contributed by atoms with Crippen molar-refractivity contribution < 1.29 is 4.79 Å². The van der Waals surface area contributed by atoms with E-state index >= 15 is 0 Å². The van der Waals surface area contributed by atoms with Crippen LogP contribution in [0.25, 0.3) is 0 Å². The molecular formula is C19H24ClN3O. The molecule has 0 heterocycles. The van der Waals surface area contributed by atoms with Crippen molar-refractivity contribution in [2.75, 3.05) is 35.2 Å². The van der Waals surface area contributed by atoms with E-state index in [1.54, 1.807) is 0 Å². The van der Waals surface area contributed by atoms with Crippen molar-refractivity contribution >= 4 is 34.6 Å². The van der Waals surface area contributed by atoms with Gasteiger partial charge in [0.25, 0.3) is 0 Å². The zero-order valence-corrected chi connectivity index (χ0v) is 14.9. The van der Waals surface area contributed by atoms with Gasteiger partial charge in [-0.25, -0.2) is 0 Å². The molecule has 0 spiro atoms. The average Bonchev–Trinajstić information content (AvgIpc) is 2.59. The number of carbonyl (C=O) groups excluding carboxylic acids is 1. The van der Waals surface area contributed by atoms with Gasteiger partial charge in [0.05, 0.1) is 10.7 Å². The molecule has 0 saturated heterocycles. The van der Waals surface area contributed by atoms with E-state index in [9.17, 15) is 4.79 Å². The van der Waals surface area contributed by atoms with E-state index in [-0.39, 0.29) is 5.91 Å². The molecule has 2 aromatic rings. The van der Waals surface area contributed by atoms with E-state index < -0.39 is 0 Å². The van der Waals surface area contributed by atoms with E-state index in [0.29, 0.717) is 18.0 Å². The molecular weight excluding hydrogens is 322 g/mol. The molecule has 0 fully saturated rings. The Hall–Kier alpha value is -2.20. The Kier molecular flexibility index (Phi) is 6.94. The van der Waals surface area contributed by atoms with Gasteiger partial charge in [-0.2, -0.15) is 0 Å². The molecule has 5 heteroatoms. The molecule has 0 aliphatic carbocycles. The first-order valence-corrected chi connectivity index (χ1v) is 8.65. The van der Waals surface area contributed by atoms with Gasteiger partial charge >= 0.3 is 0 Å². The van der Waals surface area contributed by atoms with Crippen LogP contribution in [0, 0.1) is 0 Å². The number of para-hydroxylation sites is 1. The third kappa shape index (κ3) is 5.17. The second-order valence-corrected chi connectivity index (χ2v) is 5.83. The molecule has 0 aromatic heterocycles. The van der Waals surface area contributed by atoms with Crippen LogP contribution in [0.1, 0.15) is 20.3 Å². The Morgan fingerprint density at radius 3 is 2.33 bits per heavy atom. The summed E-state index contributed by atoms with van der Waals surface area (Å²) >= 11 is 6.07. The van der Waals surface area contributed by atoms with E-state index in [2.05, 4.69) is 29.4 Å². The predicted molar refractivity (Wildman–Crippen MR) is 103 cm³/mol. The number of carbonyl (C=O) groups is 1. The normalized spacial score (nSPS) is 10.3. The highest BCUT2D eigenvalue weighted by Gasteiger charge is 2.05. The lowest BCUT2D eigenvalue weighted by atomic mass is 10.2. The maximum atomic E-state index is 12.0. The zero-order chi connectivity index (χ0) is 17.4. The molecule has 128 valence electrons. The maximum absolute atomic E-state index is 12.0. The number of nitrogens with zero attached hydrogens (tertiary/aromatic N) is 1. The summed E-state index contributed by atoms with van der Waals surface area (Å²) in [5, 5.41) is 6.74. The van der Waals surface area contributed by atoms with Gasteiger partial charge in [-0.15, -0.1) is 0 Å². The first kappa shape index (κ1) is 18.1. The van der Waals surface area contributed by atoms with Crippen molar-refractivity contribution in [1.29, 1.82) is 0 Å². The standard InChI is InChI=1S/C19H24ClN3O/c1-3-23(4-2)16-11-9-15(10-12-16)22-19(24)13-14-21-18-8-6-5-7-17(18)20/h5-12,21H,3-4,13-14H2,1-2H3,(H,22,24). The lowest BCUT2D eigenvalue weighted by Crippen LogP contribution is -2.21. The average molecular weight is 346 g/mol. The van der Waals surface area contributed by atoms with Gasteiger partial charge in [0.2, 0.25) is 5.91 Å². The number of halogens is 1. The Balaban J connectivity index is 1.81. The summed E-state index contributed by atoms with van der Waals surface area (Å²) in [5.41, 5.74) is 2.82. The molecule has 0 bridgehead atoms. The summed E-state index contributed by atoms with van der Waals surface area (Å²) < 4.78 is 0. The molecule has 4 nitrogen and oxygen atoms in total. The highest BCUT2D eigenvalue weighted by molar-refractivity contribution is 6.33. The molecule has 2 aromatic carbocycles. The third-order valence-corrected chi connectivity index (χ3v) is 4.15. The van der Waals surface area contributed by atoms with Gasteiger partial charge in [-0.05, 0) is 50.2 Å². The van der Waals surface area contributed by atoms with Crippen LogP contribution < -0.4 is 15.5 Å². The van der Waals surface area contributed by atoms with Crippen molar-refractivity contribution in [3.8, 4) is 0 Å². The first-order valence-electron chi connectivity index (χ1n) is 8.27. The van der Waals surface area contributed by atoms with Crippen LogP contribution in [-0.4, -0.2) is 25.5 Å². The van der Waals surface area contributed by atoms with Crippen LogP contribution in [0.15, 0.2) is 48.5 Å². The number of anilines is 3. The maximum Gasteiger partial charge on any atom is 0.226 e. The molecule has 1 amide bonds. The largest absolute Gasteiger partial charge is 0.383 e. The van der Waals surface area contributed by atoms with Gasteiger partial charge in [0.15, 0.2) is 0 Å². The predicted octanol–water partition coefficient (Wildman–Crippen LogP) is 4.63. The van der Waals surface area contributed by atoms with Crippen LogP contribution in [0.5, 0.6) is 0 Å². The fourth-order valence-electron chi connectivity index (χ4n) is 2.48. The number of nitrogens with one attached hydrogen (secondary N) is 2.